The molecule has 1 N–H and O–H groups in total. The smallest absolute Gasteiger partial charge is 0.341 e. The van der Waals surface area contributed by atoms with Crippen molar-refractivity contribution in [2.24, 2.45) is 0 Å². The Morgan fingerprint density at radius 3 is 2.79 bits per heavy atom. The van der Waals surface area contributed by atoms with E-state index in [1.807, 2.05) is 25.1 Å². The summed E-state index contributed by atoms with van der Waals surface area (Å²) in [5, 5.41) is 4.71. The molecule has 0 saturated heterocycles. The van der Waals surface area contributed by atoms with Crippen LogP contribution in [0.3, 0.4) is 0 Å². The maximum atomic E-state index is 12.8. The SMILES string of the molecule is CCn1c(SCCC(=O)Nc2sc3c(c2C(=O)OC)CCCCC3)nc2ccccc2c1=O. The van der Waals surface area contributed by atoms with Crippen LogP contribution >= 0.6 is 23.1 Å². The molecule has 7 nitrogen and oxygen atoms in total. The Morgan fingerprint density at radius 1 is 1.21 bits per heavy atom. The van der Waals surface area contributed by atoms with Gasteiger partial charge < -0.3 is 10.1 Å². The zero-order valence-electron chi connectivity index (χ0n) is 18.8. The summed E-state index contributed by atoms with van der Waals surface area (Å²) in [5.41, 5.74) is 2.12. The molecule has 1 amide bonds. The van der Waals surface area contributed by atoms with Gasteiger partial charge in [0, 0.05) is 23.6 Å². The minimum absolute atomic E-state index is 0.0714. The summed E-state index contributed by atoms with van der Waals surface area (Å²) in [6.45, 7) is 2.41. The number of thiophene rings is 1. The largest absolute Gasteiger partial charge is 0.465 e. The molecule has 33 heavy (non-hydrogen) atoms. The number of hydrogen-bond donors (Lipinski definition) is 1. The number of rotatable bonds is 7. The Balaban J connectivity index is 1.47. The predicted octanol–water partition coefficient (Wildman–Crippen LogP) is 4.65. The molecule has 2 aromatic heterocycles. The number of hydrogen-bond acceptors (Lipinski definition) is 7. The van der Waals surface area contributed by atoms with Crippen LogP contribution < -0.4 is 10.9 Å². The van der Waals surface area contributed by atoms with E-state index in [1.165, 1.54) is 35.1 Å². The highest BCUT2D eigenvalue weighted by Gasteiger charge is 2.26. The van der Waals surface area contributed by atoms with E-state index in [9.17, 15) is 14.4 Å². The second-order valence-corrected chi connectivity index (χ2v) is 10.0. The number of nitrogens with one attached hydrogen (secondary N) is 1. The molecular formula is C24H27N3O4S2. The predicted molar refractivity (Wildman–Crippen MR) is 133 cm³/mol. The summed E-state index contributed by atoms with van der Waals surface area (Å²) >= 11 is 2.88. The van der Waals surface area contributed by atoms with Gasteiger partial charge in [0.15, 0.2) is 5.16 Å². The number of aryl methyl sites for hydroxylation is 1. The molecule has 0 radical (unpaired) electrons. The number of esters is 1. The summed E-state index contributed by atoms with van der Waals surface area (Å²) in [7, 11) is 1.37. The van der Waals surface area contributed by atoms with E-state index in [0.29, 0.717) is 38.9 Å². The number of benzene rings is 1. The van der Waals surface area contributed by atoms with E-state index in [1.54, 1.807) is 10.6 Å². The van der Waals surface area contributed by atoms with Crippen LogP contribution in [0.1, 0.15) is 53.4 Å². The Kier molecular flexibility index (Phi) is 7.49. The van der Waals surface area contributed by atoms with Gasteiger partial charge in [-0.25, -0.2) is 9.78 Å². The van der Waals surface area contributed by atoms with Gasteiger partial charge in [0.05, 0.1) is 23.6 Å². The van der Waals surface area contributed by atoms with Crippen molar-refractivity contribution < 1.29 is 14.3 Å². The highest BCUT2D eigenvalue weighted by Crippen LogP contribution is 2.38. The molecule has 0 unspecified atom stereocenters. The number of anilines is 1. The van der Waals surface area contributed by atoms with Crippen molar-refractivity contribution in [3.63, 3.8) is 0 Å². The Morgan fingerprint density at radius 2 is 2.00 bits per heavy atom. The third kappa shape index (κ3) is 4.99. The third-order valence-corrected chi connectivity index (χ3v) is 7.95. The molecule has 2 heterocycles. The van der Waals surface area contributed by atoms with Crippen LogP contribution in [0.4, 0.5) is 5.00 Å². The number of nitrogens with zero attached hydrogens (tertiary/aromatic N) is 2. The van der Waals surface area contributed by atoms with Gasteiger partial charge >= 0.3 is 5.97 Å². The van der Waals surface area contributed by atoms with E-state index >= 15 is 0 Å². The fraction of sp³-hybridized carbons (Fsp3) is 0.417. The third-order valence-electron chi connectivity index (χ3n) is 5.77. The number of carbonyl (C=O) groups is 2. The summed E-state index contributed by atoms with van der Waals surface area (Å²) in [5.74, 6) is -0.100. The normalized spacial score (nSPS) is 13.4. The van der Waals surface area contributed by atoms with Crippen molar-refractivity contribution >= 4 is 50.9 Å². The zero-order chi connectivity index (χ0) is 23.4. The van der Waals surface area contributed by atoms with Crippen LogP contribution in [0.15, 0.2) is 34.2 Å². The number of ether oxygens (including phenoxy) is 1. The molecule has 0 spiro atoms. The molecule has 0 atom stereocenters. The maximum absolute atomic E-state index is 12.8. The van der Waals surface area contributed by atoms with Crippen molar-refractivity contribution in [3.05, 3.63) is 50.6 Å². The Labute approximate surface area is 200 Å². The van der Waals surface area contributed by atoms with Crippen molar-refractivity contribution in [1.29, 1.82) is 0 Å². The van der Waals surface area contributed by atoms with Crippen molar-refractivity contribution in [2.45, 2.75) is 57.1 Å². The zero-order valence-corrected chi connectivity index (χ0v) is 20.4. The molecular weight excluding hydrogens is 458 g/mol. The van der Waals surface area contributed by atoms with Crippen LogP contribution in [0, 0.1) is 0 Å². The molecule has 0 fully saturated rings. The molecule has 1 aliphatic carbocycles. The maximum Gasteiger partial charge on any atom is 0.341 e. The average molecular weight is 486 g/mol. The number of amides is 1. The number of para-hydroxylation sites is 1. The molecule has 4 rings (SSSR count). The lowest BCUT2D eigenvalue weighted by Gasteiger charge is -2.11. The first kappa shape index (κ1) is 23.5. The summed E-state index contributed by atoms with van der Waals surface area (Å²) < 4.78 is 6.64. The molecule has 9 heteroatoms. The van der Waals surface area contributed by atoms with Crippen molar-refractivity contribution in [3.8, 4) is 0 Å². The number of carbonyl (C=O) groups excluding carboxylic acids is 2. The fourth-order valence-corrected chi connectivity index (χ4v) is 6.40. The standard InChI is InChI=1S/C24H27N3O4S2/c1-3-27-22(29)15-9-7-8-11-17(15)25-24(27)32-14-13-19(28)26-21-20(23(30)31-2)16-10-5-4-6-12-18(16)33-21/h7-9,11H,3-6,10,12-14H2,1-2H3,(H,26,28). The van der Waals surface area contributed by atoms with E-state index in [-0.39, 0.29) is 17.9 Å². The van der Waals surface area contributed by atoms with Crippen molar-refractivity contribution in [1.82, 2.24) is 9.55 Å². The first-order valence-electron chi connectivity index (χ1n) is 11.2. The number of aromatic nitrogens is 2. The van der Waals surface area contributed by atoms with Crippen LogP contribution in [-0.2, 0) is 28.9 Å². The van der Waals surface area contributed by atoms with Gasteiger partial charge in [0.25, 0.3) is 5.56 Å². The lowest BCUT2D eigenvalue weighted by Crippen LogP contribution is -2.22. The quantitative estimate of drug-likeness (QED) is 0.227. The number of methoxy groups -OCH3 is 1. The van der Waals surface area contributed by atoms with Gasteiger partial charge in [-0.05, 0) is 50.3 Å². The molecule has 1 aliphatic rings. The van der Waals surface area contributed by atoms with E-state index in [0.717, 1.165) is 37.7 Å². The number of thioether (sulfide) groups is 1. The summed E-state index contributed by atoms with van der Waals surface area (Å²) in [4.78, 5) is 43.7. The van der Waals surface area contributed by atoms with Gasteiger partial charge in [0.2, 0.25) is 5.91 Å². The highest BCUT2D eigenvalue weighted by molar-refractivity contribution is 7.99. The summed E-state index contributed by atoms with van der Waals surface area (Å²) in [6, 6.07) is 7.28. The van der Waals surface area contributed by atoms with Gasteiger partial charge in [-0.2, -0.15) is 0 Å². The van der Waals surface area contributed by atoms with Gasteiger partial charge in [-0.1, -0.05) is 30.3 Å². The summed E-state index contributed by atoms with van der Waals surface area (Å²) in [6.07, 6.45) is 5.28. The fourth-order valence-electron chi connectivity index (χ4n) is 4.11. The van der Waals surface area contributed by atoms with E-state index < -0.39 is 5.97 Å². The monoisotopic (exact) mass is 485 g/mol. The van der Waals surface area contributed by atoms with Crippen LogP contribution in [0.5, 0.6) is 0 Å². The van der Waals surface area contributed by atoms with Crippen LogP contribution in [0.25, 0.3) is 10.9 Å². The Bertz CT molecular complexity index is 1250. The molecule has 1 aromatic carbocycles. The van der Waals surface area contributed by atoms with E-state index in [4.69, 9.17) is 4.74 Å². The second-order valence-electron chi connectivity index (χ2n) is 7.87. The van der Waals surface area contributed by atoms with E-state index in [2.05, 4.69) is 10.3 Å². The average Bonchev–Trinajstić information content (AvgIpc) is 2.98. The second kappa shape index (κ2) is 10.5. The molecule has 0 bridgehead atoms. The lowest BCUT2D eigenvalue weighted by atomic mass is 10.1. The first-order valence-corrected chi connectivity index (χ1v) is 13.0. The number of fused-ring (bicyclic) bond motifs is 2. The Hall–Kier alpha value is -2.65. The van der Waals surface area contributed by atoms with Crippen molar-refractivity contribution in [2.75, 3.05) is 18.2 Å². The topological polar surface area (TPSA) is 90.3 Å². The highest BCUT2D eigenvalue weighted by atomic mass is 32.2. The van der Waals surface area contributed by atoms with Gasteiger partial charge in [0.1, 0.15) is 5.00 Å². The minimum atomic E-state index is -0.397. The molecule has 0 saturated carbocycles. The minimum Gasteiger partial charge on any atom is -0.465 e. The molecule has 3 aromatic rings. The van der Waals surface area contributed by atoms with Gasteiger partial charge in [-0.15, -0.1) is 11.3 Å². The first-order chi connectivity index (χ1) is 16.0. The lowest BCUT2D eigenvalue weighted by molar-refractivity contribution is -0.115. The van der Waals surface area contributed by atoms with Crippen LogP contribution in [-0.4, -0.2) is 34.3 Å². The van der Waals surface area contributed by atoms with Crippen LogP contribution in [0.2, 0.25) is 0 Å². The molecule has 174 valence electrons. The van der Waals surface area contributed by atoms with Gasteiger partial charge in [-0.3, -0.25) is 14.2 Å². The molecule has 0 aliphatic heterocycles.